The molecule has 0 radical (unpaired) electrons. The van der Waals surface area contributed by atoms with Crippen molar-refractivity contribution >= 4 is 24.0 Å². The van der Waals surface area contributed by atoms with Crippen LogP contribution in [0.2, 0.25) is 5.02 Å². The van der Waals surface area contributed by atoms with Crippen molar-refractivity contribution in [2.45, 2.75) is 6.61 Å². The topological polar surface area (TPSA) is 22.1 Å². The second-order valence-corrected chi connectivity index (χ2v) is 4.47. The Morgan fingerprint density at radius 1 is 1.14 bits per heavy atom. The van der Waals surface area contributed by atoms with Gasteiger partial charge in [-0.05, 0) is 23.8 Å². The second kappa shape index (κ2) is 7.94. The average Bonchev–Trinajstić information content (AvgIpc) is 2.39. The minimum atomic E-state index is -5.13. The van der Waals surface area contributed by atoms with Gasteiger partial charge in [-0.25, -0.2) is 4.39 Å². The van der Waals surface area contributed by atoms with Crippen LogP contribution < -0.4 is 61.6 Å². The largest absolute Gasteiger partial charge is 1.00 e. The van der Waals surface area contributed by atoms with E-state index in [1.165, 1.54) is 12.1 Å². The maximum absolute atomic E-state index is 13.2. The van der Waals surface area contributed by atoms with Gasteiger partial charge in [-0.15, -0.1) is 0 Å². The maximum Gasteiger partial charge on any atom is 1.00 e. The van der Waals surface area contributed by atoms with Crippen LogP contribution in [0.15, 0.2) is 36.7 Å². The summed E-state index contributed by atoms with van der Waals surface area (Å²) in [6, 6.07) is 4.89. The molecule has 0 N–H and O–H groups in total. The van der Waals surface area contributed by atoms with E-state index in [0.29, 0.717) is 5.56 Å². The molecule has 2 aromatic rings. The molecule has 0 atom stereocenters. The number of hydrogen-bond donors (Lipinski definition) is 0. The molecule has 0 spiro atoms. The molecule has 2 nitrogen and oxygen atoms in total. The van der Waals surface area contributed by atoms with Gasteiger partial charge in [-0.1, -0.05) is 23.1 Å². The molecule has 9 heteroatoms. The fourth-order valence-electron chi connectivity index (χ4n) is 1.49. The van der Waals surface area contributed by atoms with Crippen LogP contribution in [-0.4, -0.2) is 12.0 Å². The summed E-state index contributed by atoms with van der Waals surface area (Å²) < 4.78 is 55.9. The van der Waals surface area contributed by atoms with Gasteiger partial charge in [0, 0.05) is 6.20 Å². The van der Waals surface area contributed by atoms with Crippen molar-refractivity contribution in [3.63, 3.8) is 0 Å². The molecular weight excluding hydrogens is 335 g/mol. The molecule has 0 unspecified atom stereocenters. The molecule has 1 aromatic carbocycles. The summed E-state index contributed by atoms with van der Waals surface area (Å²) in [4.78, 5) is 3.47. The summed E-state index contributed by atoms with van der Waals surface area (Å²) in [5.74, 6) is -0.643. The van der Waals surface area contributed by atoms with E-state index >= 15 is 0 Å². The first-order chi connectivity index (χ1) is 9.36. The summed E-state index contributed by atoms with van der Waals surface area (Å²) in [5.41, 5.74) is -0.389. The molecule has 0 fully saturated rings. The molecule has 0 aliphatic heterocycles. The molecule has 0 aliphatic carbocycles. The van der Waals surface area contributed by atoms with E-state index in [-0.39, 0.29) is 68.8 Å². The van der Waals surface area contributed by atoms with Gasteiger partial charge >= 0.3 is 58.4 Å². The Morgan fingerprint density at radius 2 is 1.86 bits per heavy atom. The van der Waals surface area contributed by atoms with E-state index in [2.05, 4.69) is 4.98 Å². The molecule has 0 bridgehead atoms. The average molecular weight is 344 g/mol. The zero-order chi connectivity index (χ0) is 14.8. The van der Waals surface area contributed by atoms with Gasteiger partial charge in [-0.3, -0.25) is 4.98 Å². The van der Waals surface area contributed by atoms with Crippen LogP contribution in [0.1, 0.15) is 5.56 Å². The van der Waals surface area contributed by atoms with Crippen molar-refractivity contribution in [2.75, 3.05) is 0 Å². The summed E-state index contributed by atoms with van der Waals surface area (Å²) >= 11 is 5.52. The number of ether oxygens (including phenoxy) is 1. The van der Waals surface area contributed by atoms with Crippen LogP contribution in [0, 0.1) is 5.82 Å². The van der Waals surface area contributed by atoms with Crippen molar-refractivity contribution < 1.29 is 73.5 Å². The molecule has 1 heterocycles. The first-order valence-corrected chi connectivity index (χ1v) is 5.95. The first-order valence-electron chi connectivity index (χ1n) is 5.58. The summed E-state index contributed by atoms with van der Waals surface area (Å²) in [6.45, 7) is -5.21. The monoisotopic (exact) mass is 343 g/mol. The Hall–Kier alpha value is -0.119. The molecular formula is C12H8BClF4KNO. The Balaban J connectivity index is 0.00000220. The number of hydrogen-bond acceptors (Lipinski definition) is 2. The van der Waals surface area contributed by atoms with Gasteiger partial charge in [0.15, 0.2) is 0 Å². The smallest absolute Gasteiger partial charge is 0.487 e. The van der Waals surface area contributed by atoms with E-state index in [4.69, 9.17) is 16.3 Å². The molecule has 1 aromatic heterocycles. The maximum atomic E-state index is 13.2. The Bertz CT molecular complexity index is 626. The zero-order valence-electron chi connectivity index (χ0n) is 11.0. The third-order valence-corrected chi connectivity index (χ3v) is 2.81. The van der Waals surface area contributed by atoms with Crippen molar-refractivity contribution in [2.24, 2.45) is 0 Å². The first kappa shape index (κ1) is 18.9. The molecule has 0 aliphatic rings. The van der Waals surface area contributed by atoms with E-state index in [1.54, 1.807) is 0 Å². The molecule has 106 valence electrons. The Morgan fingerprint density at radius 3 is 2.48 bits per heavy atom. The van der Waals surface area contributed by atoms with Crippen LogP contribution in [-0.2, 0) is 6.61 Å². The molecule has 0 saturated heterocycles. The SMILES string of the molecule is Fc1cc(COc2cncc([B-](F)(F)F)c2)ccc1Cl.[K+]. The van der Waals surface area contributed by atoms with Gasteiger partial charge in [0.05, 0.1) is 11.2 Å². The van der Waals surface area contributed by atoms with E-state index in [9.17, 15) is 17.3 Å². The van der Waals surface area contributed by atoms with Crippen LogP contribution in [0.3, 0.4) is 0 Å². The zero-order valence-corrected chi connectivity index (χ0v) is 14.9. The van der Waals surface area contributed by atoms with E-state index in [1.807, 2.05) is 0 Å². The fourth-order valence-corrected chi connectivity index (χ4v) is 1.61. The van der Waals surface area contributed by atoms with Gasteiger partial charge < -0.3 is 17.7 Å². The van der Waals surface area contributed by atoms with E-state index in [0.717, 1.165) is 24.5 Å². The third kappa shape index (κ3) is 5.54. The predicted molar refractivity (Wildman–Crippen MR) is 68.7 cm³/mol. The van der Waals surface area contributed by atoms with Gasteiger partial charge in [0.25, 0.3) is 0 Å². The molecule has 2 rings (SSSR count). The van der Waals surface area contributed by atoms with Gasteiger partial charge in [-0.2, -0.15) is 0 Å². The fraction of sp³-hybridized carbons (Fsp3) is 0.0833. The normalized spacial score (nSPS) is 10.9. The van der Waals surface area contributed by atoms with Crippen molar-refractivity contribution in [3.05, 3.63) is 53.1 Å². The van der Waals surface area contributed by atoms with Gasteiger partial charge in [0.1, 0.15) is 18.2 Å². The van der Waals surface area contributed by atoms with Crippen molar-refractivity contribution in [1.82, 2.24) is 4.98 Å². The molecule has 21 heavy (non-hydrogen) atoms. The van der Waals surface area contributed by atoms with Crippen molar-refractivity contribution in [3.8, 4) is 5.75 Å². The van der Waals surface area contributed by atoms with Gasteiger partial charge in [0.2, 0.25) is 0 Å². The third-order valence-electron chi connectivity index (χ3n) is 2.50. The summed E-state index contributed by atoms with van der Waals surface area (Å²) in [7, 11) is 0. The standard InChI is InChI=1S/C12H8BClF4NO.K/c14-11-2-1-8(3-12(11)15)7-20-10-4-9(5-19-6-10)13(16,17)18;/h1-6H,7H2;/q-1;+1. The number of halogens is 5. The minimum Gasteiger partial charge on any atom is -0.487 e. The van der Waals surface area contributed by atoms with Crippen LogP contribution in [0.5, 0.6) is 5.75 Å². The molecule has 0 amide bonds. The minimum absolute atomic E-state index is 0. The quantitative estimate of drug-likeness (QED) is 0.596. The number of pyridine rings is 1. The number of nitrogens with zero attached hydrogens (tertiary/aromatic N) is 1. The van der Waals surface area contributed by atoms with Crippen LogP contribution in [0.25, 0.3) is 0 Å². The Labute approximate surface area is 166 Å². The predicted octanol–water partition coefficient (Wildman–Crippen LogP) is 0.511. The summed E-state index contributed by atoms with van der Waals surface area (Å²) in [6.07, 6.45) is 1.90. The second-order valence-electron chi connectivity index (χ2n) is 4.07. The Kier molecular flexibility index (Phi) is 7.16. The number of aromatic nitrogens is 1. The number of rotatable bonds is 4. The van der Waals surface area contributed by atoms with E-state index < -0.39 is 18.3 Å². The van der Waals surface area contributed by atoms with Crippen LogP contribution >= 0.6 is 11.6 Å². The summed E-state index contributed by atoms with van der Waals surface area (Å²) in [5, 5.41) is -0.0304. The van der Waals surface area contributed by atoms with Crippen LogP contribution in [0.4, 0.5) is 17.3 Å². The number of benzene rings is 1. The van der Waals surface area contributed by atoms with Crippen molar-refractivity contribution in [1.29, 1.82) is 0 Å². The molecule has 0 saturated carbocycles.